The van der Waals surface area contributed by atoms with Gasteiger partial charge in [-0.2, -0.15) is 0 Å². The fourth-order valence-electron chi connectivity index (χ4n) is 1.63. The van der Waals surface area contributed by atoms with Crippen LogP contribution in [0.2, 0.25) is 0 Å². The minimum absolute atomic E-state index is 0.0547. The van der Waals surface area contributed by atoms with Crippen LogP contribution in [0.25, 0.3) is 0 Å². The van der Waals surface area contributed by atoms with Crippen molar-refractivity contribution in [2.45, 2.75) is 19.0 Å². The molecular weight excluding hydrogens is 248 g/mol. The molecular formula is C13H16N2O2S. The summed E-state index contributed by atoms with van der Waals surface area (Å²) in [6.07, 6.45) is 0. The second kappa shape index (κ2) is 6.02. The molecule has 1 amide bonds. The number of rotatable bonds is 4. The van der Waals surface area contributed by atoms with Gasteiger partial charge in [0, 0.05) is 17.4 Å². The molecule has 4 nitrogen and oxygen atoms in total. The highest BCUT2D eigenvalue weighted by molar-refractivity contribution is 8.14. The second-order valence-corrected chi connectivity index (χ2v) is 5.23. The first-order valence-electron chi connectivity index (χ1n) is 5.88. The number of thioether (sulfide) groups is 1. The van der Waals surface area contributed by atoms with Gasteiger partial charge in [-0.05, 0) is 6.92 Å². The van der Waals surface area contributed by atoms with Crippen LogP contribution in [0.4, 0.5) is 0 Å². The zero-order valence-electron chi connectivity index (χ0n) is 10.2. The summed E-state index contributed by atoms with van der Waals surface area (Å²) in [6.45, 7) is 1.71. The molecule has 0 aromatic heterocycles. The number of hydrogen-bond acceptors (Lipinski definition) is 4. The quantitative estimate of drug-likeness (QED) is 0.854. The molecule has 2 atom stereocenters. The average molecular weight is 264 g/mol. The normalized spacial score (nSPS) is 20.3. The third kappa shape index (κ3) is 3.11. The molecule has 1 unspecified atom stereocenters. The molecule has 1 aromatic carbocycles. The molecule has 1 aliphatic rings. The van der Waals surface area contributed by atoms with Gasteiger partial charge in [0.2, 0.25) is 5.91 Å². The molecule has 0 spiro atoms. The lowest BCUT2D eigenvalue weighted by Gasteiger charge is -2.12. The monoisotopic (exact) mass is 264 g/mol. The van der Waals surface area contributed by atoms with Gasteiger partial charge in [-0.15, -0.1) is 11.8 Å². The van der Waals surface area contributed by atoms with Crippen molar-refractivity contribution < 1.29 is 9.90 Å². The standard InChI is InChI=1S/C13H16N2O2S/c1-9(7-16)14-12(17)11-8-18-13(15-11)10-5-3-2-4-6-10/h2-6,9,11,16H,7-8H2,1H3,(H,14,17)/t9-,11?/m0/s1. The number of carbonyl (C=O) groups is 1. The number of hydrogen-bond donors (Lipinski definition) is 2. The molecule has 0 saturated heterocycles. The number of carbonyl (C=O) groups excluding carboxylic acids is 1. The first-order valence-corrected chi connectivity index (χ1v) is 6.86. The maximum atomic E-state index is 11.8. The van der Waals surface area contributed by atoms with E-state index in [0.29, 0.717) is 5.75 Å². The van der Waals surface area contributed by atoms with Crippen LogP contribution in [0.15, 0.2) is 35.3 Å². The predicted octanol–water partition coefficient (Wildman–Crippen LogP) is 1.05. The summed E-state index contributed by atoms with van der Waals surface area (Å²) in [6, 6.07) is 9.28. The van der Waals surface area contributed by atoms with E-state index in [2.05, 4.69) is 10.3 Å². The summed E-state index contributed by atoms with van der Waals surface area (Å²) >= 11 is 1.59. The Labute approximate surface area is 111 Å². The second-order valence-electron chi connectivity index (χ2n) is 4.22. The Morgan fingerprint density at radius 2 is 2.28 bits per heavy atom. The summed E-state index contributed by atoms with van der Waals surface area (Å²) in [7, 11) is 0. The number of aliphatic hydroxyl groups excluding tert-OH is 1. The Morgan fingerprint density at radius 1 is 1.56 bits per heavy atom. The van der Waals surface area contributed by atoms with Gasteiger partial charge in [0.25, 0.3) is 0 Å². The highest BCUT2D eigenvalue weighted by Crippen LogP contribution is 2.23. The Kier molecular flexibility index (Phi) is 4.38. The molecule has 0 saturated carbocycles. The van der Waals surface area contributed by atoms with E-state index in [1.807, 2.05) is 30.3 Å². The van der Waals surface area contributed by atoms with Crippen molar-refractivity contribution in [3.8, 4) is 0 Å². The molecule has 96 valence electrons. The smallest absolute Gasteiger partial charge is 0.246 e. The van der Waals surface area contributed by atoms with Gasteiger partial charge >= 0.3 is 0 Å². The fourth-order valence-corrected chi connectivity index (χ4v) is 2.68. The summed E-state index contributed by atoms with van der Waals surface area (Å²) in [5.41, 5.74) is 1.05. The Morgan fingerprint density at radius 3 is 2.94 bits per heavy atom. The zero-order valence-corrected chi connectivity index (χ0v) is 11.0. The van der Waals surface area contributed by atoms with Crippen molar-refractivity contribution in [1.29, 1.82) is 0 Å². The highest BCUT2D eigenvalue weighted by atomic mass is 32.2. The van der Waals surface area contributed by atoms with Crippen molar-refractivity contribution in [2.75, 3.05) is 12.4 Å². The number of nitrogens with one attached hydrogen (secondary N) is 1. The van der Waals surface area contributed by atoms with E-state index in [9.17, 15) is 4.79 Å². The van der Waals surface area contributed by atoms with Crippen molar-refractivity contribution in [1.82, 2.24) is 5.32 Å². The van der Waals surface area contributed by atoms with Crippen LogP contribution in [0.1, 0.15) is 12.5 Å². The van der Waals surface area contributed by atoms with Crippen LogP contribution in [0.5, 0.6) is 0 Å². The van der Waals surface area contributed by atoms with E-state index >= 15 is 0 Å². The molecule has 0 fully saturated rings. The molecule has 0 radical (unpaired) electrons. The lowest BCUT2D eigenvalue weighted by molar-refractivity contribution is -0.122. The van der Waals surface area contributed by atoms with Crippen LogP contribution >= 0.6 is 11.8 Å². The third-order valence-electron chi connectivity index (χ3n) is 2.64. The molecule has 18 heavy (non-hydrogen) atoms. The summed E-state index contributed by atoms with van der Waals surface area (Å²) in [5.74, 6) is 0.545. The number of benzene rings is 1. The SMILES string of the molecule is C[C@@H](CO)NC(=O)C1CSC(c2ccccc2)=N1. The van der Waals surface area contributed by atoms with E-state index < -0.39 is 0 Å². The third-order valence-corrected chi connectivity index (χ3v) is 3.73. The van der Waals surface area contributed by atoms with Crippen molar-refractivity contribution in [2.24, 2.45) is 4.99 Å². The van der Waals surface area contributed by atoms with Crippen LogP contribution in [0.3, 0.4) is 0 Å². The highest BCUT2D eigenvalue weighted by Gasteiger charge is 2.26. The summed E-state index contributed by atoms with van der Waals surface area (Å²) in [5, 5.41) is 12.5. The van der Waals surface area contributed by atoms with Gasteiger partial charge < -0.3 is 10.4 Å². The largest absolute Gasteiger partial charge is 0.394 e. The molecule has 0 bridgehead atoms. The number of amides is 1. The average Bonchev–Trinajstić information content (AvgIpc) is 2.89. The van der Waals surface area contributed by atoms with Gasteiger partial charge in [-0.1, -0.05) is 30.3 Å². The predicted molar refractivity (Wildman–Crippen MR) is 73.9 cm³/mol. The van der Waals surface area contributed by atoms with E-state index in [1.165, 1.54) is 0 Å². The van der Waals surface area contributed by atoms with Gasteiger partial charge in [-0.25, -0.2) is 0 Å². The van der Waals surface area contributed by atoms with E-state index in [1.54, 1.807) is 18.7 Å². The van der Waals surface area contributed by atoms with Crippen molar-refractivity contribution in [3.63, 3.8) is 0 Å². The van der Waals surface area contributed by atoms with Crippen LogP contribution in [-0.4, -0.2) is 40.5 Å². The number of aliphatic imine (C=N–C) groups is 1. The van der Waals surface area contributed by atoms with Crippen molar-refractivity contribution >= 4 is 22.7 Å². The number of nitrogens with zero attached hydrogens (tertiary/aromatic N) is 1. The molecule has 1 aromatic rings. The molecule has 2 N–H and O–H groups in total. The van der Waals surface area contributed by atoms with Gasteiger partial charge in [0.1, 0.15) is 6.04 Å². The summed E-state index contributed by atoms with van der Waals surface area (Å²) < 4.78 is 0. The lowest BCUT2D eigenvalue weighted by Crippen LogP contribution is -2.41. The number of aliphatic hydroxyl groups is 1. The minimum atomic E-state index is -0.348. The lowest BCUT2D eigenvalue weighted by atomic mass is 10.2. The summed E-state index contributed by atoms with van der Waals surface area (Å²) in [4.78, 5) is 16.3. The topological polar surface area (TPSA) is 61.7 Å². The molecule has 1 aliphatic heterocycles. The molecule has 0 aliphatic carbocycles. The molecule has 1 heterocycles. The molecule has 5 heteroatoms. The zero-order chi connectivity index (χ0) is 13.0. The van der Waals surface area contributed by atoms with E-state index in [-0.39, 0.29) is 24.6 Å². The van der Waals surface area contributed by atoms with Crippen LogP contribution in [-0.2, 0) is 4.79 Å². The van der Waals surface area contributed by atoms with Crippen LogP contribution in [0, 0.1) is 0 Å². The Bertz CT molecular complexity index is 448. The van der Waals surface area contributed by atoms with Crippen molar-refractivity contribution in [3.05, 3.63) is 35.9 Å². The van der Waals surface area contributed by atoms with E-state index in [0.717, 1.165) is 10.6 Å². The fraction of sp³-hybridized carbons (Fsp3) is 0.385. The van der Waals surface area contributed by atoms with Gasteiger partial charge in [-0.3, -0.25) is 9.79 Å². The Balaban J connectivity index is 2.02. The van der Waals surface area contributed by atoms with Gasteiger partial charge in [0.05, 0.1) is 11.7 Å². The maximum Gasteiger partial charge on any atom is 0.246 e. The first-order chi connectivity index (χ1) is 8.70. The maximum absolute atomic E-state index is 11.8. The first kappa shape index (κ1) is 13.1. The van der Waals surface area contributed by atoms with Gasteiger partial charge in [0.15, 0.2) is 0 Å². The minimum Gasteiger partial charge on any atom is -0.394 e. The van der Waals surface area contributed by atoms with Crippen LogP contribution < -0.4 is 5.32 Å². The molecule has 2 rings (SSSR count). The van der Waals surface area contributed by atoms with E-state index in [4.69, 9.17) is 5.11 Å². The Hall–Kier alpha value is -1.33.